The Hall–Kier alpha value is -3.56. The molecule has 1 heterocycles. The summed E-state index contributed by atoms with van der Waals surface area (Å²) in [5.41, 5.74) is 2.59. The maximum absolute atomic E-state index is 14.1. The summed E-state index contributed by atoms with van der Waals surface area (Å²) in [7, 11) is 0. The Morgan fingerprint density at radius 1 is 0.600 bits per heavy atom. The molecule has 1 aliphatic rings. The van der Waals surface area contributed by atoms with Crippen LogP contribution in [0.4, 0.5) is 11.4 Å². The van der Waals surface area contributed by atoms with Gasteiger partial charge in [-0.3, -0.25) is 9.69 Å². The summed E-state index contributed by atoms with van der Waals surface area (Å²) in [6, 6.07) is 34.7. The summed E-state index contributed by atoms with van der Waals surface area (Å²) >= 11 is 1.71. The van der Waals surface area contributed by atoms with Gasteiger partial charge in [-0.15, -0.1) is 0 Å². The second kappa shape index (κ2) is 6.75. The highest BCUT2D eigenvalue weighted by atomic mass is 32.2. The van der Waals surface area contributed by atoms with E-state index in [1.54, 1.807) is 11.8 Å². The normalized spacial score (nSPS) is 12.6. The minimum atomic E-state index is -0.00264. The predicted octanol–water partition coefficient (Wildman–Crippen LogP) is 7.44. The second-order valence-electron chi connectivity index (χ2n) is 7.37. The molecular formula is C27H17NOS. The van der Waals surface area contributed by atoms with Crippen molar-refractivity contribution in [2.45, 2.75) is 9.79 Å². The average molecular weight is 404 g/mol. The third kappa shape index (κ3) is 2.56. The number of para-hydroxylation sites is 2. The van der Waals surface area contributed by atoms with Crippen LogP contribution in [-0.4, -0.2) is 5.91 Å². The van der Waals surface area contributed by atoms with Gasteiger partial charge in [0.2, 0.25) is 0 Å². The summed E-state index contributed by atoms with van der Waals surface area (Å²) in [6.07, 6.45) is 0. The van der Waals surface area contributed by atoms with Crippen LogP contribution in [0.1, 0.15) is 10.4 Å². The molecular weight excluding hydrogens is 386 g/mol. The summed E-state index contributed by atoms with van der Waals surface area (Å²) in [5.74, 6) is -0.00264. The van der Waals surface area contributed by atoms with Gasteiger partial charge in [-0.05, 0) is 51.9 Å². The number of hydrogen-bond donors (Lipinski definition) is 0. The van der Waals surface area contributed by atoms with Crippen molar-refractivity contribution < 1.29 is 4.79 Å². The molecule has 0 N–H and O–H groups in total. The van der Waals surface area contributed by atoms with E-state index in [1.807, 2.05) is 77.7 Å². The summed E-state index contributed by atoms with van der Waals surface area (Å²) < 4.78 is 0. The van der Waals surface area contributed by atoms with Gasteiger partial charge in [-0.25, -0.2) is 0 Å². The van der Waals surface area contributed by atoms with Gasteiger partial charge in [0.25, 0.3) is 5.91 Å². The highest BCUT2D eigenvalue weighted by Gasteiger charge is 2.29. The van der Waals surface area contributed by atoms with Crippen LogP contribution in [-0.2, 0) is 0 Å². The fourth-order valence-corrected chi connectivity index (χ4v) is 5.33. The molecule has 0 spiro atoms. The monoisotopic (exact) mass is 403 g/mol. The number of benzene rings is 5. The lowest BCUT2D eigenvalue weighted by molar-refractivity contribution is 0.1000. The fourth-order valence-electron chi connectivity index (χ4n) is 4.28. The van der Waals surface area contributed by atoms with E-state index in [4.69, 9.17) is 0 Å². The number of carbonyl (C=O) groups excluding carboxylic acids is 1. The van der Waals surface area contributed by atoms with Crippen LogP contribution in [0.25, 0.3) is 21.5 Å². The molecule has 0 saturated carbocycles. The van der Waals surface area contributed by atoms with Crippen molar-refractivity contribution in [3.8, 4) is 0 Å². The van der Waals surface area contributed by atoms with Crippen molar-refractivity contribution in [2.75, 3.05) is 4.90 Å². The zero-order valence-corrected chi connectivity index (χ0v) is 16.9. The first-order chi connectivity index (χ1) is 14.8. The van der Waals surface area contributed by atoms with Crippen molar-refractivity contribution >= 4 is 50.6 Å². The Bertz CT molecular complexity index is 1410. The first-order valence-electron chi connectivity index (χ1n) is 9.92. The van der Waals surface area contributed by atoms with E-state index in [-0.39, 0.29) is 5.91 Å². The lowest BCUT2D eigenvalue weighted by Crippen LogP contribution is -2.28. The van der Waals surface area contributed by atoms with Crippen LogP contribution in [0.15, 0.2) is 113 Å². The van der Waals surface area contributed by atoms with Crippen molar-refractivity contribution in [3.63, 3.8) is 0 Å². The minimum absolute atomic E-state index is 0.00264. The van der Waals surface area contributed by atoms with E-state index in [1.165, 1.54) is 5.39 Å². The molecule has 6 rings (SSSR count). The molecule has 0 unspecified atom stereocenters. The standard InChI is InChI=1S/C27H17NOS/c29-27(22-17-18-9-1-2-10-19(18)20-11-3-4-12-21(20)22)28-23-13-5-7-15-25(23)30-26-16-8-6-14-24(26)28/h1-17H. The maximum atomic E-state index is 14.1. The molecule has 0 aliphatic carbocycles. The summed E-state index contributed by atoms with van der Waals surface area (Å²) in [4.78, 5) is 18.2. The van der Waals surface area contributed by atoms with Gasteiger partial charge in [-0.2, -0.15) is 0 Å². The first-order valence-corrected chi connectivity index (χ1v) is 10.7. The molecule has 0 radical (unpaired) electrons. The Morgan fingerprint density at radius 3 is 1.83 bits per heavy atom. The molecule has 1 aliphatic heterocycles. The van der Waals surface area contributed by atoms with Gasteiger partial charge >= 0.3 is 0 Å². The Kier molecular flexibility index (Phi) is 3.90. The second-order valence-corrected chi connectivity index (χ2v) is 8.45. The molecule has 142 valence electrons. The van der Waals surface area contributed by atoms with Gasteiger partial charge < -0.3 is 0 Å². The Balaban J connectivity index is 1.63. The highest BCUT2D eigenvalue weighted by Crippen LogP contribution is 2.48. The molecule has 0 atom stereocenters. The van der Waals surface area contributed by atoms with E-state index in [0.717, 1.165) is 42.9 Å². The third-order valence-electron chi connectivity index (χ3n) is 5.63. The lowest BCUT2D eigenvalue weighted by atomic mass is 9.96. The van der Waals surface area contributed by atoms with Gasteiger partial charge in [0.05, 0.1) is 11.4 Å². The molecule has 0 aromatic heterocycles. The van der Waals surface area contributed by atoms with Crippen LogP contribution in [0.5, 0.6) is 0 Å². The Labute approximate surface area is 178 Å². The summed E-state index contributed by atoms with van der Waals surface area (Å²) in [5, 5.41) is 4.33. The van der Waals surface area contributed by atoms with Crippen LogP contribution in [0, 0.1) is 0 Å². The number of rotatable bonds is 1. The first kappa shape index (κ1) is 17.3. The quantitative estimate of drug-likeness (QED) is 0.271. The molecule has 3 heteroatoms. The van der Waals surface area contributed by atoms with E-state index in [2.05, 4.69) is 30.3 Å². The zero-order valence-electron chi connectivity index (χ0n) is 16.1. The molecule has 0 fully saturated rings. The Morgan fingerprint density at radius 2 is 1.13 bits per heavy atom. The fraction of sp³-hybridized carbons (Fsp3) is 0. The van der Waals surface area contributed by atoms with E-state index in [9.17, 15) is 4.79 Å². The van der Waals surface area contributed by atoms with Crippen molar-refractivity contribution in [1.82, 2.24) is 0 Å². The van der Waals surface area contributed by atoms with Crippen LogP contribution >= 0.6 is 11.8 Å². The van der Waals surface area contributed by atoms with E-state index in [0.29, 0.717) is 0 Å². The van der Waals surface area contributed by atoms with Crippen LogP contribution < -0.4 is 4.90 Å². The number of hydrogen-bond acceptors (Lipinski definition) is 2. The van der Waals surface area contributed by atoms with Gasteiger partial charge in [-0.1, -0.05) is 84.6 Å². The largest absolute Gasteiger partial charge is 0.275 e. The van der Waals surface area contributed by atoms with Crippen molar-refractivity contribution in [2.24, 2.45) is 0 Å². The van der Waals surface area contributed by atoms with Crippen LogP contribution in [0.3, 0.4) is 0 Å². The third-order valence-corrected chi connectivity index (χ3v) is 6.76. The maximum Gasteiger partial charge on any atom is 0.263 e. The summed E-state index contributed by atoms with van der Waals surface area (Å²) in [6.45, 7) is 0. The molecule has 0 saturated heterocycles. The van der Waals surface area contributed by atoms with Crippen LogP contribution in [0.2, 0.25) is 0 Å². The molecule has 5 aromatic carbocycles. The number of nitrogens with zero attached hydrogens (tertiary/aromatic N) is 1. The van der Waals surface area contributed by atoms with Gasteiger partial charge in [0.1, 0.15) is 0 Å². The minimum Gasteiger partial charge on any atom is -0.275 e. The van der Waals surface area contributed by atoms with Crippen molar-refractivity contribution in [1.29, 1.82) is 0 Å². The molecule has 30 heavy (non-hydrogen) atoms. The number of amides is 1. The topological polar surface area (TPSA) is 20.3 Å². The predicted molar refractivity (Wildman–Crippen MR) is 125 cm³/mol. The lowest BCUT2D eigenvalue weighted by Gasteiger charge is -2.31. The van der Waals surface area contributed by atoms with E-state index >= 15 is 0 Å². The number of carbonyl (C=O) groups is 1. The molecule has 1 amide bonds. The zero-order chi connectivity index (χ0) is 20.1. The van der Waals surface area contributed by atoms with Gasteiger partial charge in [0, 0.05) is 15.4 Å². The van der Waals surface area contributed by atoms with E-state index < -0.39 is 0 Å². The molecule has 5 aromatic rings. The number of anilines is 2. The molecule has 2 nitrogen and oxygen atoms in total. The van der Waals surface area contributed by atoms with Gasteiger partial charge in [0.15, 0.2) is 0 Å². The smallest absolute Gasteiger partial charge is 0.263 e. The average Bonchev–Trinajstić information content (AvgIpc) is 2.81. The number of fused-ring (bicyclic) bond motifs is 5. The molecule has 0 bridgehead atoms. The van der Waals surface area contributed by atoms with Crippen molar-refractivity contribution in [3.05, 3.63) is 109 Å². The highest BCUT2D eigenvalue weighted by molar-refractivity contribution is 7.99. The SMILES string of the molecule is O=C(c1cc2ccccc2c2ccccc12)N1c2ccccc2Sc2ccccc21.